The van der Waals surface area contributed by atoms with E-state index in [2.05, 4.69) is 4.74 Å². The first-order valence-electron chi connectivity index (χ1n) is 10.5. The third-order valence-corrected chi connectivity index (χ3v) is 6.33. The third kappa shape index (κ3) is 4.05. The molecule has 0 aliphatic carbocycles. The number of anilines is 2. The number of hydrogen-bond acceptors (Lipinski definition) is 4. The first kappa shape index (κ1) is 23.0. The number of rotatable bonds is 4. The lowest BCUT2D eigenvalue weighted by atomic mass is 9.82. The number of ether oxygens (including phenoxy) is 2. The molecule has 3 aromatic carbocycles. The molecule has 2 amide bonds. The van der Waals surface area contributed by atoms with Crippen LogP contribution >= 0.6 is 11.6 Å². The predicted molar refractivity (Wildman–Crippen MR) is 122 cm³/mol. The summed E-state index contributed by atoms with van der Waals surface area (Å²) in [5.74, 6) is -0.384. The Hall–Kier alpha value is -3.74. The molecule has 0 aromatic heterocycles. The molecule has 2 aliphatic rings. The van der Waals surface area contributed by atoms with E-state index < -0.39 is 17.9 Å². The Labute approximate surface area is 203 Å². The van der Waals surface area contributed by atoms with Crippen LogP contribution in [-0.4, -0.2) is 31.1 Å². The summed E-state index contributed by atoms with van der Waals surface area (Å²) in [6, 6.07) is 19.8. The number of nitriles is 1. The number of urea groups is 1. The molecule has 0 saturated carbocycles. The van der Waals surface area contributed by atoms with Crippen molar-refractivity contribution in [2.24, 2.45) is 0 Å². The van der Waals surface area contributed by atoms with Crippen molar-refractivity contribution in [1.82, 2.24) is 0 Å². The van der Waals surface area contributed by atoms with Crippen LogP contribution in [0.4, 0.5) is 29.3 Å². The van der Waals surface area contributed by atoms with Crippen LogP contribution in [0.3, 0.4) is 0 Å². The quantitative estimate of drug-likeness (QED) is 0.437. The van der Waals surface area contributed by atoms with E-state index in [1.165, 1.54) is 23.1 Å². The molecule has 6 nitrogen and oxygen atoms in total. The van der Waals surface area contributed by atoms with Gasteiger partial charge >= 0.3 is 12.4 Å². The fraction of sp³-hybridized carbons (Fsp3) is 0.200. The lowest BCUT2D eigenvalue weighted by Gasteiger charge is -2.47. The standard InChI is InChI=1S/C25H17ClF3N3O3/c26-18-6-10-19(11-7-18)31-22(17-2-1-3-21(12-17)35-25(27,28)29)24(14-34-15-24)32(23(31)33)20-8-4-16(13-30)5-9-20/h1-12,22H,14-15H2. The number of hydrogen-bond donors (Lipinski definition) is 0. The molecule has 1 spiro atoms. The molecule has 5 rings (SSSR count). The lowest BCUT2D eigenvalue weighted by molar-refractivity contribution is -0.274. The van der Waals surface area contributed by atoms with Gasteiger partial charge in [0.2, 0.25) is 0 Å². The summed E-state index contributed by atoms with van der Waals surface area (Å²) >= 11 is 6.05. The fourth-order valence-electron chi connectivity index (χ4n) is 4.62. The van der Waals surface area contributed by atoms with Crippen LogP contribution in [0.2, 0.25) is 5.02 Å². The van der Waals surface area contributed by atoms with E-state index in [0.29, 0.717) is 27.5 Å². The van der Waals surface area contributed by atoms with Crippen LogP contribution in [-0.2, 0) is 4.74 Å². The van der Waals surface area contributed by atoms with E-state index in [-0.39, 0.29) is 25.0 Å². The van der Waals surface area contributed by atoms with Crippen LogP contribution in [0.25, 0.3) is 0 Å². The van der Waals surface area contributed by atoms with E-state index >= 15 is 0 Å². The predicted octanol–water partition coefficient (Wildman–Crippen LogP) is 6.07. The minimum atomic E-state index is -4.86. The minimum Gasteiger partial charge on any atom is -0.406 e. The van der Waals surface area contributed by atoms with Crippen molar-refractivity contribution >= 4 is 29.0 Å². The second-order valence-electron chi connectivity index (χ2n) is 8.24. The maximum absolute atomic E-state index is 13.9. The molecular weight excluding hydrogens is 483 g/mol. The van der Waals surface area contributed by atoms with Gasteiger partial charge in [0.1, 0.15) is 11.3 Å². The molecule has 2 aliphatic heterocycles. The Morgan fingerprint density at radius 1 is 1.03 bits per heavy atom. The molecule has 178 valence electrons. The van der Waals surface area contributed by atoms with Crippen molar-refractivity contribution in [2.75, 3.05) is 23.0 Å². The van der Waals surface area contributed by atoms with Gasteiger partial charge in [0.05, 0.1) is 30.9 Å². The summed E-state index contributed by atoms with van der Waals surface area (Å²) in [6.45, 7) is 0.329. The fourth-order valence-corrected chi connectivity index (χ4v) is 4.75. The zero-order valence-electron chi connectivity index (χ0n) is 18.0. The van der Waals surface area contributed by atoms with E-state index in [9.17, 15) is 18.0 Å². The summed E-state index contributed by atoms with van der Waals surface area (Å²) in [6.07, 6.45) is -4.86. The molecule has 3 aromatic rings. The van der Waals surface area contributed by atoms with Crippen molar-refractivity contribution in [2.45, 2.75) is 17.9 Å². The van der Waals surface area contributed by atoms with Crippen molar-refractivity contribution in [3.63, 3.8) is 0 Å². The van der Waals surface area contributed by atoms with E-state index in [4.69, 9.17) is 21.6 Å². The summed E-state index contributed by atoms with van der Waals surface area (Å²) in [4.78, 5) is 17.1. The van der Waals surface area contributed by atoms with Gasteiger partial charge in [-0.1, -0.05) is 23.7 Å². The van der Waals surface area contributed by atoms with Gasteiger partial charge in [0, 0.05) is 16.4 Å². The van der Waals surface area contributed by atoms with Gasteiger partial charge in [-0.15, -0.1) is 13.2 Å². The largest absolute Gasteiger partial charge is 0.573 e. The Morgan fingerprint density at radius 3 is 2.26 bits per heavy atom. The molecule has 2 heterocycles. The Balaban J connectivity index is 1.66. The molecular formula is C25H17ClF3N3O3. The van der Waals surface area contributed by atoms with Crippen LogP contribution in [0, 0.1) is 11.3 Å². The van der Waals surface area contributed by atoms with Gasteiger partial charge in [0.15, 0.2) is 0 Å². The van der Waals surface area contributed by atoms with E-state index in [0.717, 1.165) is 0 Å². The smallest absolute Gasteiger partial charge is 0.406 e. The van der Waals surface area contributed by atoms with Gasteiger partial charge in [0.25, 0.3) is 0 Å². The molecule has 0 radical (unpaired) electrons. The lowest BCUT2D eigenvalue weighted by Crippen LogP contribution is -2.62. The van der Waals surface area contributed by atoms with Gasteiger partial charge < -0.3 is 9.47 Å². The van der Waals surface area contributed by atoms with Gasteiger partial charge in [-0.05, 0) is 66.2 Å². The number of amides is 2. The van der Waals surface area contributed by atoms with Crippen molar-refractivity contribution < 1.29 is 27.4 Å². The number of carbonyl (C=O) groups excluding carboxylic acids is 1. The van der Waals surface area contributed by atoms with Crippen molar-refractivity contribution in [3.8, 4) is 11.8 Å². The monoisotopic (exact) mass is 499 g/mol. The topological polar surface area (TPSA) is 65.8 Å². The highest BCUT2D eigenvalue weighted by Crippen LogP contribution is 2.51. The number of nitrogens with zero attached hydrogens (tertiary/aromatic N) is 3. The number of carbonyl (C=O) groups is 1. The highest BCUT2D eigenvalue weighted by atomic mass is 35.5. The summed E-state index contributed by atoms with van der Waals surface area (Å²) in [7, 11) is 0. The van der Waals surface area contributed by atoms with Crippen molar-refractivity contribution in [3.05, 3.63) is 88.9 Å². The molecule has 2 saturated heterocycles. The van der Waals surface area contributed by atoms with E-state index in [1.54, 1.807) is 59.5 Å². The normalized spacial score (nSPS) is 18.9. The zero-order chi connectivity index (χ0) is 24.8. The molecule has 10 heteroatoms. The molecule has 1 unspecified atom stereocenters. The highest BCUT2D eigenvalue weighted by Gasteiger charge is 2.63. The molecule has 0 bridgehead atoms. The second kappa shape index (κ2) is 8.48. The number of benzene rings is 3. The average molecular weight is 500 g/mol. The maximum atomic E-state index is 13.9. The maximum Gasteiger partial charge on any atom is 0.573 e. The van der Waals surface area contributed by atoms with Crippen LogP contribution in [0.5, 0.6) is 5.75 Å². The SMILES string of the molecule is N#Cc1ccc(N2C(=O)N(c3ccc(Cl)cc3)C(c3cccc(OC(F)(F)F)c3)C23COC3)cc1. The van der Waals surface area contributed by atoms with Crippen LogP contribution in [0.1, 0.15) is 17.2 Å². The van der Waals surface area contributed by atoms with Gasteiger partial charge in [-0.3, -0.25) is 9.80 Å². The highest BCUT2D eigenvalue weighted by molar-refractivity contribution is 6.30. The number of alkyl halides is 3. The van der Waals surface area contributed by atoms with Gasteiger partial charge in [-0.2, -0.15) is 5.26 Å². The number of halogens is 4. The van der Waals surface area contributed by atoms with Crippen LogP contribution in [0.15, 0.2) is 72.8 Å². The van der Waals surface area contributed by atoms with Crippen LogP contribution < -0.4 is 14.5 Å². The Bertz CT molecular complexity index is 1300. The first-order valence-corrected chi connectivity index (χ1v) is 10.9. The summed E-state index contributed by atoms with van der Waals surface area (Å²) in [5.41, 5.74) is 1.05. The molecule has 1 atom stereocenters. The summed E-state index contributed by atoms with van der Waals surface area (Å²) in [5, 5.41) is 9.63. The molecule has 0 N–H and O–H groups in total. The minimum absolute atomic E-state index is 0.165. The molecule has 2 fully saturated rings. The zero-order valence-corrected chi connectivity index (χ0v) is 18.8. The Morgan fingerprint density at radius 2 is 1.69 bits per heavy atom. The Kier molecular flexibility index (Phi) is 5.58. The second-order valence-corrected chi connectivity index (χ2v) is 8.68. The van der Waals surface area contributed by atoms with E-state index in [1.807, 2.05) is 6.07 Å². The van der Waals surface area contributed by atoms with Crippen molar-refractivity contribution in [1.29, 1.82) is 5.26 Å². The van der Waals surface area contributed by atoms with Gasteiger partial charge in [-0.25, -0.2) is 4.79 Å². The summed E-state index contributed by atoms with van der Waals surface area (Å²) < 4.78 is 48.5. The molecule has 35 heavy (non-hydrogen) atoms. The third-order valence-electron chi connectivity index (χ3n) is 6.08. The first-order chi connectivity index (χ1) is 16.7. The average Bonchev–Trinajstić information content (AvgIpc) is 3.08.